The first-order valence-corrected chi connectivity index (χ1v) is 8.64. The number of fused-ring (bicyclic) bond motifs is 2. The molecule has 2 aromatic rings. The third kappa shape index (κ3) is 3.38. The largest absolute Gasteiger partial charge is 0.364 e. The number of nitrogens with one attached hydrogen (secondary N) is 1. The van der Waals surface area contributed by atoms with Crippen molar-refractivity contribution in [3.63, 3.8) is 0 Å². The topological polar surface area (TPSA) is 82.2 Å². The van der Waals surface area contributed by atoms with Gasteiger partial charge in [-0.3, -0.25) is 4.79 Å². The van der Waals surface area contributed by atoms with Crippen molar-refractivity contribution in [1.29, 1.82) is 0 Å². The van der Waals surface area contributed by atoms with Gasteiger partial charge in [-0.15, -0.1) is 12.4 Å². The summed E-state index contributed by atoms with van der Waals surface area (Å²) in [6.07, 6.45) is 3.42. The second-order valence-electron chi connectivity index (χ2n) is 6.81. The summed E-state index contributed by atoms with van der Waals surface area (Å²) in [5.74, 6) is -0.762. The van der Waals surface area contributed by atoms with E-state index in [9.17, 15) is 9.18 Å². The molecule has 3 N–H and O–H groups in total. The fourth-order valence-corrected chi connectivity index (χ4v) is 3.72. The average Bonchev–Trinajstić information content (AvgIpc) is 3.28. The molecule has 144 valence electrons. The molecule has 2 aliphatic rings. The van der Waals surface area contributed by atoms with E-state index in [1.165, 1.54) is 12.1 Å². The highest BCUT2D eigenvalue weighted by molar-refractivity contribution is 5.85. The lowest BCUT2D eigenvalue weighted by Crippen LogP contribution is -2.46. The molecule has 8 heteroatoms. The van der Waals surface area contributed by atoms with Gasteiger partial charge >= 0.3 is 0 Å². The highest BCUT2D eigenvalue weighted by Crippen LogP contribution is 2.33. The number of rotatable bonds is 4. The summed E-state index contributed by atoms with van der Waals surface area (Å²) < 4.78 is 20.5. The van der Waals surface area contributed by atoms with Crippen molar-refractivity contribution in [2.75, 3.05) is 0 Å². The van der Waals surface area contributed by atoms with E-state index in [0.717, 1.165) is 22.6 Å². The van der Waals surface area contributed by atoms with Crippen molar-refractivity contribution in [2.24, 2.45) is 11.7 Å². The number of nitrogens with zero attached hydrogens (tertiary/aromatic N) is 2. The number of hydrogen-bond acceptors (Lipinski definition) is 4. The summed E-state index contributed by atoms with van der Waals surface area (Å²) >= 11 is 0. The molecule has 0 saturated carbocycles. The van der Waals surface area contributed by atoms with Crippen LogP contribution in [0.2, 0.25) is 0 Å². The van der Waals surface area contributed by atoms with Crippen LogP contribution >= 0.6 is 12.4 Å². The molecule has 2 aliphatic heterocycles. The molecule has 6 nitrogen and oxygen atoms in total. The number of carbonyl (C=O) groups is 1. The van der Waals surface area contributed by atoms with Gasteiger partial charge in [-0.2, -0.15) is 5.10 Å². The van der Waals surface area contributed by atoms with Crippen molar-refractivity contribution in [3.8, 4) is 5.69 Å². The van der Waals surface area contributed by atoms with Crippen LogP contribution in [-0.4, -0.2) is 33.9 Å². The molecule has 1 amide bonds. The molecule has 2 bridgehead atoms. The monoisotopic (exact) mass is 392 g/mol. The molecule has 0 aliphatic carbocycles. The van der Waals surface area contributed by atoms with Gasteiger partial charge in [-0.05, 0) is 38.1 Å². The molecule has 0 spiro atoms. The second kappa shape index (κ2) is 7.42. The van der Waals surface area contributed by atoms with Crippen LogP contribution in [-0.2, 0) is 16.1 Å². The molecule has 1 aromatic carbocycles. The van der Waals surface area contributed by atoms with E-state index in [2.05, 4.69) is 10.4 Å². The summed E-state index contributed by atoms with van der Waals surface area (Å²) in [6, 6.07) is 5.84. The Kier molecular flexibility index (Phi) is 5.37. The van der Waals surface area contributed by atoms with Crippen molar-refractivity contribution in [3.05, 3.63) is 59.2 Å². The summed E-state index contributed by atoms with van der Waals surface area (Å²) in [6.45, 7) is 4.19. The zero-order valence-corrected chi connectivity index (χ0v) is 15.9. The number of amides is 1. The number of benzene rings is 1. The standard InChI is InChI=1S/C19H21FN4O2.ClH/c1-10-14(11(2)24(23-10)13-5-3-12(20)4-6-13)9-22-19(25)17-15-7-8-16(26-15)18(17)21;/h3-8,15-18H,9,21H2,1-2H3,(H,22,25);1H/t15-,16+,17-,18+;/m1./s1. The highest BCUT2D eigenvalue weighted by Gasteiger charge is 2.47. The van der Waals surface area contributed by atoms with Crippen LogP contribution in [0.5, 0.6) is 0 Å². The Hall–Kier alpha value is -2.22. The number of halogens is 2. The van der Waals surface area contributed by atoms with Crippen LogP contribution in [0.15, 0.2) is 36.4 Å². The van der Waals surface area contributed by atoms with Crippen LogP contribution < -0.4 is 11.1 Å². The van der Waals surface area contributed by atoms with Gasteiger partial charge in [0.05, 0.1) is 29.5 Å². The van der Waals surface area contributed by atoms with Crippen LogP contribution in [0.1, 0.15) is 17.0 Å². The molecule has 1 fully saturated rings. The number of carbonyl (C=O) groups excluding carboxylic acids is 1. The van der Waals surface area contributed by atoms with Gasteiger partial charge in [-0.25, -0.2) is 9.07 Å². The fourth-order valence-electron chi connectivity index (χ4n) is 3.72. The molecule has 0 unspecified atom stereocenters. The summed E-state index contributed by atoms with van der Waals surface area (Å²) in [5.41, 5.74) is 9.54. The van der Waals surface area contributed by atoms with E-state index >= 15 is 0 Å². The van der Waals surface area contributed by atoms with Gasteiger partial charge < -0.3 is 15.8 Å². The Bertz CT molecular complexity index is 881. The van der Waals surface area contributed by atoms with Gasteiger partial charge in [0.2, 0.25) is 5.91 Å². The predicted molar refractivity (Wildman–Crippen MR) is 101 cm³/mol. The van der Waals surface area contributed by atoms with Crippen LogP contribution in [0.4, 0.5) is 4.39 Å². The number of ether oxygens (including phenoxy) is 1. The lowest BCUT2D eigenvalue weighted by atomic mass is 9.89. The molecule has 3 heterocycles. The SMILES string of the molecule is Cc1nn(-c2ccc(F)cc2)c(C)c1CNC(=O)[C@H]1[C@@H](N)[C@@H]2C=C[C@H]1O2.Cl. The minimum Gasteiger partial charge on any atom is -0.364 e. The molecule has 4 atom stereocenters. The van der Waals surface area contributed by atoms with E-state index < -0.39 is 0 Å². The maximum atomic E-state index is 13.1. The Balaban J connectivity index is 0.00000210. The van der Waals surface area contributed by atoms with Gasteiger partial charge in [0, 0.05) is 23.8 Å². The number of nitrogens with two attached hydrogens (primary N) is 1. The molecule has 1 saturated heterocycles. The maximum absolute atomic E-state index is 13.1. The fraction of sp³-hybridized carbons (Fsp3) is 0.368. The lowest BCUT2D eigenvalue weighted by molar-refractivity contribution is -0.126. The van der Waals surface area contributed by atoms with E-state index in [4.69, 9.17) is 10.5 Å². The Morgan fingerprint density at radius 2 is 1.93 bits per heavy atom. The van der Waals surface area contributed by atoms with Crippen LogP contribution in [0.25, 0.3) is 5.69 Å². The third-order valence-corrected chi connectivity index (χ3v) is 5.21. The van der Waals surface area contributed by atoms with Crippen LogP contribution in [0, 0.1) is 25.6 Å². The van der Waals surface area contributed by atoms with Crippen molar-refractivity contribution in [1.82, 2.24) is 15.1 Å². The first-order chi connectivity index (χ1) is 12.5. The number of aryl methyl sites for hydroxylation is 1. The summed E-state index contributed by atoms with van der Waals surface area (Å²) in [5, 5.41) is 7.49. The van der Waals surface area contributed by atoms with E-state index in [1.807, 2.05) is 26.0 Å². The third-order valence-electron chi connectivity index (χ3n) is 5.21. The molecular weight excluding hydrogens is 371 g/mol. The Morgan fingerprint density at radius 1 is 1.26 bits per heavy atom. The second-order valence-corrected chi connectivity index (χ2v) is 6.81. The Labute approximate surface area is 163 Å². The molecular formula is C19H22ClFN4O2. The van der Waals surface area contributed by atoms with Gasteiger partial charge in [-0.1, -0.05) is 12.2 Å². The summed E-state index contributed by atoms with van der Waals surface area (Å²) in [4.78, 5) is 12.6. The quantitative estimate of drug-likeness (QED) is 0.779. The zero-order chi connectivity index (χ0) is 18.4. The smallest absolute Gasteiger partial charge is 0.228 e. The van der Waals surface area contributed by atoms with Gasteiger partial charge in [0.15, 0.2) is 0 Å². The lowest BCUT2D eigenvalue weighted by Gasteiger charge is -2.20. The average molecular weight is 393 g/mol. The Morgan fingerprint density at radius 3 is 2.56 bits per heavy atom. The van der Waals surface area contributed by atoms with E-state index in [-0.39, 0.29) is 48.3 Å². The van der Waals surface area contributed by atoms with Gasteiger partial charge in [0.1, 0.15) is 5.82 Å². The minimum atomic E-state index is -0.363. The molecule has 27 heavy (non-hydrogen) atoms. The first-order valence-electron chi connectivity index (χ1n) is 8.64. The normalized spacial score (nSPS) is 25.5. The molecule has 1 aromatic heterocycles. The van der Waals surface area contributed by atoms with Crippen LogP contribution in [0.3, 0.4) is 0 Å². The maximum Gasteiger partial charge on any atom is 0.228 e. The summed E-state index contributed by atoms with van der Waals surface area (Å²) in [7, 11) is 0. The predicted octanol–water partition coefficient (Wildman–Crippen LogP) is 1.95. The van der Waals surface area contributed by atoms with E-state index in [1.54, 1.807) is 16.8 Å². The highest BCUT2D eigenvalue weighted by atomic mass is 35.5. The molecule has 0 radical (unpaired) electrons. The van der Waals surface area contributed by atoms with E-state index in [0.29, 0.717) is 6.54 Å². The van der Waals surface area contributed by atoms with Gasteiger partial charge in [0.25, 0.3) is 0 Å². The molecule has 4 rings (SSSR count). The zero-order valence-electron chi connectivity index (χ0n) is 15.1. The van der Waals surface area contributed by atoms with Crippen molar-refractivity contribution < 1.29 is 13.9 Å². The first kappa shape index (κ1) is 19.5. The minimum absolute atomic E-state index is 0. The number of hydrogen-bond donors (Lipinski definition) is 2. The number of aromatic nitrogens is 2. The van der Waals surface area contributed by atoms with Crippen molar-refractivity contribution in [2.45, 2.75) is 38.6 Å². The van der Waals surface area contributed by atoms with Crippen molar-refractivity contribution >= 4 is 18.3 Å².